The number of amides is 4. The molecular formula is C26H29F3N6O6S. The zero-order valence-corrected chi connectivity index (χ0v) is 24.0. The summed E-state index contributed by atoms with van der Waals surface area (Å²) in [6.45, 7) is 6.47. The van der Waals surface area contributed by atoms with Crippen LogP contribution in [0.2, 0.25) is 0 Å². The van der Waals surface area contributed by atoms with Gasteiger partial charge in [-0.3, -0.25) is 25.2 Å². The van der Waals surface area contributed by atoms with Crippen LogP contribution in [0.15, 0.2) is 41.8 Å². The van der Waals surface area contributed by atoms with E-state index in [-0.39, 0.29) is 23.5 Å². The summed E-state index contributed by atoms with van der Waals surface area (Å²) >= 11 is 1.09. The number of para-hydroxylation sites is 1. The molecule has 42 heavy (non-hydrogen) atoms. The van der Waals surface area contributed by atoms with Gasteiger partial charge in [0.05, 0.1) is 24.9 Å². The summed E-state index contributed by atoms with van der Waals surface area (Å²) < 4.78 is 51.4. The third-order valence-electron chi connectivity index (χ3n) is 5.32. The SMILES string of the molecule is COc1ccccc1C(=O)NNC(=O)c1cc(C(F)(F)F)nn1-c1csc(CNC(=O)C(C)NC(=O)OC(C)(C)C)c1. The van der Waals surface area contributed by atoms with Crippen LogP contribution < -0.4 is 26.2 Å². The predicted octanol–water partition coefficient (Wildman–Crippen LogP) is 3.57. The van der Waals surface area contributed by atoms with Gasteiger partial charge in [0.2, 0.25) is 5.91 Å². The van der Waals surface area contributed by atoms with Crippen LogP contribution in [-0.2, 0) is 22.3 Å². The summed E-state index contributed by atoms with van der Waals surface area (Å²) in [6.07, 6.45) is -5.63. The normalized spacial score (nSPS) is 12.2. The summed E-state index contributed by atoms with van der Waals surface area (Å²) in [6, 6.07) is 7.22. The number of nitrogens with zero attached hydrogens (tertiary/aromatic N) is 2. The number of hydrogen-bond donors (Lipinski definition) is 4. The van der Waals surface area contributed by atoms with Gasteiger partial charge in [-0.2, -0.15) is 18.3 Å². The second-order valence-electron chi connectivity index (χ2n) is 9.79. The number of methoxy groups -OCH3 is 1. The zero-order valence-electron chi connectivity index (χ0n) is 23.2. The minimum Gasteiger partial charge on any atom is -0.496 e. The van der Waals surface area contributed by atoms with Gasteiger partial charge in [0.1, 0.15) is 23.1 Å². The molecule has 1 unspecified atom stereocenters. The highest BCUT2D eigenvalue weighted by Gasteiger charge is 2.36. The molecule has 2 aromatic heterocycles. The van der Waals surface area contributed by atoms with Gasteiger partial charge in [-0.25, -0.2) is 9.48 Å². The summed E-state index contributed by atoms with van der Waals surface area (Å²) in [4.78, 5) is 50.2. The van der Waals surface area contributed by atoms with Crippen LogP contribution in [0.5, 0.6) is 5.75 Å². The maximum absolute atomic E-state index is 13.5. The molecule has 0 aliphatic heterocycles. The Kier molecular flexibility index (Phi) is 9.83. The van der Waals surface area contributed by atoms with E-state index in [4.69, 9.17) is 9.47 Å². The summed E-state index contributed by atoms with van der Waals surface area (Å²) in [5, 5.41) is 10.0. The van der Waals surface area contributed by atoms with Crippen molar-refractivity contribution in [3.63, 3.8) is 0 Å². The molecule has 0 aliphatic carbocycles. The Hall–Kier alpha value is -4.60. The molecule has 12 nitrogen and oxygen atoms in total. The van der Waals surface area contributed by atoms with Crippen molar-refractivity contribution in [2.75, 3.05) is 7.11 Å². The fourth-order valence-corrected chi connectivity index (χ4v) is 4.19. The monoisotopic (exact) mass is 610 g/mol. The molecule has 0 saturated carbocycles. The van der Waals surface area contributed by atoms with Gasteiger partial charge in [0.25, 0.3) is 11.8 Å². The van der Waals surface area contributed by atoms with Gasteiger partial charge < -0.3 is 20.1 Å². The van der Waals surface area contributed by atoms with E-state index < -0.39 is 53.0 Å². The third-order valence-corrected chi connectivity index (χ3v) is 6.25. The average Bonchev–Trinajstić information content (AvgIpc) is 3.56. The first-order valence-corrected chi connectivity index (χ1v) is 13.2. The minimum atomic E-state index is -4.86. The van der Waals surface area contributed by atoms with E-state index in [0.29, 0.717) is 10.9 Å². The number of alkyl carbamates (subject to hydrolysis) is 1. The lowest BCUT2D eigenvalue weighted by atomic mass is 10.2. The molecule has 226 valence electrons. The quantitative estimate of drug-likeness (QED) is 0.285. The molecule has 4 amide bonds. The zero-order chi connectivity index (χ0) is 31.2. The Morgan fingerprint density at radius 2 is 1.71 bits per heavy atom. The highest BCUT2D eigenvalue weighted by molar-refractivity contribution is 7.10. The lowest BCUT2D eigenvalue weighted by molar-refractivity contribution is -0.141. The molecule has 0 saturated heterocycles. The number of hydrogen-bond acceptors (Lipinski definition) is 8. The van der Waals surface area contributed by atoms with Crippen LogP contribution in [0.1, 0.15) is 59.1 Å². The van der Waals surface area contributed by atoms with Crippen LogP contribution >= 0.6 is 11.3 Å². The van der Waals surface area contributed by atoms with Crippen molar-refractivity contribution in [1.29, 1.82) is 0 Å². The van der Waals surface area contributed by atoms with Crippen molar-refractivity contribution < 1.29 is 41.8 Å². The van der Waals surface area contributed by atoms with Gasteiger partial charge in [0, 0.05) is 16.3 Å². The molecule has 3 aromatic rings. The number of alkyl halides is 3. The van der Waals surface area contributed by atoms with Gasteiger partial charge in [-0.15, -0.1) is 11.3 Å². The Morgan fingerprint density at radius 3 is 2.36 bits per heavy atom. The molecule has 0 fully saturated rings. The lowest BCUT2D eigenvalue weighted by Gasteiger charge is -2.21. The van der Waals surface area contributed by atoms with E-state index in [1.165, 1.54) is 37.6 Å². The first kappa shape index (κ1) is 31.9. The van der Waals surface area contributed by atoms with Crippen molar-refractivity contribution in [3.05, 3.63) is 63.6 Å². The van der Waals surface area contributed by atoms with Crippen LogP contribution in [-0.4, -0.2) is 52.3 Å². The number of hydrazine groups is 1. The number of ether oxygens (including phenoxy) is 2. The number of aromatic nitrogens is 2. The molecular weight excluding hydrogens is 581 g/mol. The maximum atomic E-state index is 13.5. The smallest absolute Gasteiger partial charge is 0.435 e. The Labute approximate surface area is 242 Å². The highest BCUT2D eigenvalue weighted by atomic mass is 32.1. The fourth-order valence-electron chi connectivity index (χ4n) is 3.41. The second kappa shape index (κ2) is 12.9. The molecule has 0 bridgehead atoms. The van der Waals surface area contributed by atoms with E-state index in [9.17, 15) is 32.3 Å². The first-order chi connectivity index (χ1) is 19.6. The van der Waals surface area contributed by atoms with Crippen molar-refractivity contribution in [2.24, 2.45) is 0 Å². The predicted molar refractivity (Wildman–Crippen MR) is 145 cm³/mol. The van der Waals surface area contributed by atoms with Gasteiger partial charge >= 0.3 is 12.3 Å². The maximum Gasteiger partial charge on any atom is 0.435 e. The molecule has 2 heterocycles. The molecule has 0 spiro atoms. The molecule has 4 N–H and O–H groups in total. The Morgan fingerprint density at radius 1 is 1.05 bits per heavy atom. The number of rotatable bonds is 8. The standard InChI is InChI=1S/C26H29F3N6O6S/c1-14(31-24(39)41-25(2,3)4)21(36)30-12-16-10-15(13-42-16)35-18(11-20(34-35)26(27,28)29)23(38)33-32-22(37)17-8-6-7-9-19(17)40-5/h6-11,13-14H,12H2,1-5H3,(H,30,36)(H,31,39)(H,32,37)(H,33,38). The summed E-state index contributed by atoms with van der Waals surface area (Å²) in [7, 11) is 1.35. The van der Waals surface area contributed by atoms with E-state index in [0.717, 1.165) is 16.0 Å². The van der Waals surface area contributed by atoms with Crippen LogP contribution in [0.25, 0.3) is 5.69 Å². The largest absolute Gasteiger partial charge is 0.496 e. The van der Waals surface area contributed by atoms with E-state index in [2.05, 4.69) is 26.6 Å². The highest BCUT2D eigenvalue weighted by Crippen LogP contribution is 2.30. The van der Waals surface area contributed by atoms with Crippen LogP contribution in [0.3, 0.4) is 0 Å². The fraction of sp³-hybridized carbons (Fsp3) is 0.346. The molecule has 3 rings (SSSR count). The topological polar surface area (TPSA) is 153 Å². The Balaban J connectivity index is 1.71. The van der Waals surface area contributed by atoms with E-state index >= 15 is 0 Å². The first-order valence-electron chi connectivity index (χ1n) is 12.3. The van der Waals surface area contributed by atoms with Gasteiger partial charge in [-0.05, 0) is 45.9 Å². The van der Waals surface area contributed by atoms with Gasteiger partial charge in [0.15, 0.2) is 5.69 Å². The number of halogens is 3. The van der Waals surface area contributed by atoms with Crippen LogP contribution in [0.4, 0.5) is 18.0 Å². The molecule has 1 atom stereocenters. The molecule has 0 radical (unpaired) electrons. The summed E-state index contributed by atoms with van der Waals surface area (Å²) in [5.74, 6) is -2.13. The number of carbonyl (C=O) groups is 4. The summed E-state index contributed by atoms with van der Waals surface area (Å²) in [5.41, 5.74) is 1.86. The van der Waals surface area contributed by atoms with Crippen molar-refractivity contribution in [3.8, 4) is 11.4 Å². The second-order valence-corrected chi connectivity index (χ2v) is 10.8. The molecule has 0 aliphatic rings. The van der Waals surface area contributed by atoms with Crippen molar-refractivity contribution in [1.82, 2.24) is 31.3 Å². The number of nitrogens with one attached hydrogen (secondary N) is 4. The lowest BCUT2D eigenvalue weighted by Crippen LogP contribution is -2.46. The average molecular weight is 611 g/mol. The van der Waals surface area contributed by atoms with Crippen molar-refractivity contribution in [2.45, 2.75) is 52.1 Å². The van der Waals surface area contributed by atoms with Crippen molar-refractivity contribution >= 4 is 35.2 Å². The molecule has 1 aromatic carbocycles. The number of carbonyl (C=O) groups excluding carboxylic acids is 4. The Bertz CT molecular complexity index is 1460. The molecule has 16 heteroatoms. The number of thiophene rings is 1. The van der Waals surface area contributed by atoms with E-state index in [1.54, 1.807) is 32.9 Å². The third kappa shape index (κ3) is 8.45. The van der Waals surface area contributed by atoms with Gasteiger partial charge in [-0.1, -0.05) is 12.1 Å². The minimum absolute atomic E-state index is 0.0201. The van der Waals surface area contributed by atoms with E-state index in [1.807, 2.05) is 0 Å². The number of benzene rings is 1. The van der Waals surface area contributed by atoms with Crippen LogP contribution in [0, 0.1) is 0 Å².